The molecule has 0 saturated heterocycles. The van der Waals surface area contributed by atoms with Crippen LogP contribution in [-0.2, 0) is 13.6 Å². The molecule has 0 saturated carbocycles. The summed E-state index contributed by atoms with van der Waals surface area (Å²) >= 11 is 0. The molecule has 1 rings (SSSR count). The highest BCUT2D eigenvalue weighted by Crippen LogP contribution is 2.58. The maximum absolute atomic E-state index is 12.2. The van der Waals surface area contributed by atoms with Crippen LogP contribution in [0.3, 0.4) is 0 Å². The second kappa shape index (κ2) is 8.24. The molecular formula is C15H21O4P. The van der Waals surface area contributed by atoms with Gasteiger partial charge in [-0.3, -0.25) is 4.57 Å². The smallest absolute Gasteiger partial charge is 0.362 e. The van der Waals surface area contributed by atoms with Crippen molar-refractivity contribution in [1.82, 2.24) is 0 Å². The van der Waals surface area contributed by atoms with E-state index in [0.717, 1.165) is 19.3 Å². The van der Waals surface area contributed by atoms with Gasteiger partial charge in [-0.05, 0) is 12.5 Å². The van der Waals surface area contributed by atoms with Gasteiger partial charge < -0.3 is 14.2 Å². The second-order valence-electron chi connectivity index (χ2n) is 4.27. The summed E-state index contributed by atoms with van der Waals surface area (Å²) in [7, 11) is -1.07. The zero-order chi connectivity index (χ0) is 15.0. The Balaban J connectivity index is 3.06. The van der Waals surface area contributed by atoms with Crippen molar-refractivity contribution in [1.29, 1.82) is 0 Å². The Hall–Kier alpha value is -1.11. The standard InChI is InChI=1S/C15H21O4P/c1-4-5-6-7-10-13-11-8-9-12-14(13)15(16)20(17,18-2)19-3/h8-9,11-12,15-16H,4-6H2,1-3H3. The molecule has 1 atom stereocenters. The van der Waals surface area contributed by atoms with E-state index in [1.165, 1.54) is 14.2 Å². The summed E-state index contributed by atoms with van der Waals surface area (Å²) in [5.41, 5.74) is 1.11. The van der Waals surface area contributed by atoms with E-state index >= 15 is 0 Å². The third-order valence-electron chi connectivity index (χ3n) is 2.93. The Morgan fingerprint density at radius 2 is 1.95 bits per heavy atom. The van der Waals surface area contributed by atoms with Crippen LogP contribution in [0.1, 0.15) is 43.2 Å². The van der Waals surface area contributed by atoms with Crippen molar-refractivity contribution in [3.05, 3.63) is 35.4 Å². The minimum atomic E-state index is -3.58. The average Bonchev–Trinajstić information content (AvgIpc) is 2.50. The van der Waals surface area contributed by atoms with Crippen LogP contribution in [0.2, 0.25) is 0 Å². The normalized spacial score (nSPS) is 12.6. The first-order valence-electron chi connectivity index (χ1n) is 6.56. The van der Waals surface area contributed by atoms with Crippen LogP contribution in [0.4, 0.5) is 0 Å². The molecule has 1 aromatic carbocycles. The second-order valence-corrected chi connectivity index (χ2v) is 6.57. The molecule has 0 spiro atoms. The van der Waals surface area contributed by atoms with Crippen LogP contribution in [0.15, 0.2) is 24.3 Å². The molecule has 0 aliphatic rings. The molecule has 0 fully saturated rings. The third-order valence-corrected chi connectivity index (χ3v) is 4.82. The van der Waals surface area contributed by atoms with Crippen LogP contribution in [0.25, 0.3) is 0 Å². The number of unbranched alkanes of at least 4 members (excludes halogenated alkanes) is 2. The zero-order valence-corrected chi connectivity index (χ0v) is 13.0. The van der Waals surface area contributed by atoms with Gasteiger partial charge in [0.25, 0.3) is 0 Å². The maximum Gasteiger partial charge on any atom is 0.362 e. The molecule has 110 valence electrons. The summed E-state index contributed by atoms with van der Waals surface area (Å²) < 4.78 is 21.9. The van der Waals surface area contributed by atoms with Crippen molar-refractivity contribution in [2.45, 2.75) is 32.0 Å². The maximum atomic E-state index is 12.2. The lowest BCUT2D eigenvalue weighted by atomic mass is 10.1. The fourth-order valence-corrected chi connectivity index (χ4v) is 2.82. The van der Waals surface area contributed by atoms with Crippen molar-refractivity contribution >= 4 is 7.60 Å². The summed E-state index contributed by atoms with van der Waals surface area (Å²) in [6.45, 7) is 2.10. The van der Waals surface area contributed by atoms with Gasteiger partial charge in [-0.15, -0.1) is 0 Å². The first-order valence-corrected chi connectivity index (χ1v) is 8.17. The van der Waals surface area contributed by atoms with E-state index in [-0.39, 0.29) is 0 Å². The van der Waals surface area contributed by atoms with E-state index in [1.807, 2.05) is 6.07 Å². The van der Waals surface area contributed by atoms with Crippen LogP contribution >= 0.6 is 7.60 Å². The molecule has 1 unspecified atom stereocenters. The first kappa shape index (κ1) is 16.9. The Labute approximate surface area is 120 Å². The highest BCUT2D eigenvalue weighted by Gasteiger charge is 2.34. The lowest BCUT2D eigenvalue weighted by Gasteiger charge is -2.20. The molecule has 0 radical (unpaired) electrons. The largest absolute Gasteiger partial charge is 0.376 e. The first-order chi connectivity index (χ1) is 9.59. The molecule has 0 aliphatic heterocycles. The molecule has 0 amide bonds. The predicted octanol–water partition coefficient (Wildman–Crippen LogP) is 3.71. The summed E-state index contributed by atoms with van der Waals surface area (Å²) in [5.74, 6) is 4.72. The molecule has 1 N–H and O–H groups in total. The molecule has 0 aliphatic carbocycles. The molecule has 5 heteroatoms. The Kier molecular flexibility index (Phi) is 6.98. The number of aliphatic hydroxyl groups is 1. The van der Waals surface area contributed by atoms with Crippen molar-refractivity contribution in [2.75, 3.05) is 14.2 Å². The average molecular weight is 296 g/mol. The topological polar surface area (TPSA) is 55.8 Å². The molecule has 0 bridgehead atoms. The van der Waals surface area contributed by atoms with Gasteiger partial charge in [0.1, 0.15) is 0 Å². The fraction of sp³-hybridized carbons (Fsp3) is 0.467. The number of hydrogen-bond donors (Lipinski definition) is 1. The predicted molar refractivity (Wildman–Crippen MR) is 79.4 cm³/mol. The number of rotatable bonds is 6. The molecule has 20 heavy (non-hydrogen) atoms. The molecule has 0 heterocycles. The van der Waals surface area contributed by atoms with Crippen LogP contribution in [0.5, 0.6) is 0 Å². The van der Waals surface area contributed by atoms with Gasteiger partial charge in [-0.25, -0.2) is 0 Å². The number of hydrogen-bond acceptors (Lipinski definition) is 4. The van der Waals surface area contributed by atoms with E-state index in [0.29, 0.717) is 11.1 Å². The molecule has 0 aromatic heterocycles. The van der Waals surface area contributed by atoms with Crippen molar-refractivity contribution < 1.29 is 18.7 Å². The van der Waals surface area contributed by atoms with Crippen LogP contribution in [0, 0.1) is 11.8 Å². The molecular weight excluding hydrogens is 275 g/mol. The lowest BCUT2D eigenvalue weighted by molar-refractivity contribution is 0.176. The van der Waals surface area contributed by atoms with Gasteiger partial charge in [0.2, 0.25) is 0 Å². The highest BCUT2D eigenvalue weighted by molar-refractivity contribution is 7.54. The van der Waals surface area contributed by atoms with Crippen LogP contribution in [-0.4, -0.2) is 19.3 Å². The van der Waals surface area contributed by atoms with Gasteiger partial charge in [0, 0.05) is 31.8 Å². The van der Waals surface area contributed by atoms with E-state index in [1.54, 1.807) is 18.2 Å². The van der Waals surface area contributed by atoms with Gasteiger partial charge in [0.15, 0.2) is 5.85 Å². The Bertz CT molecular complexity index is 522. The molecule has 1 aromatic rings. The van der Waals surface area contributed by atoms with Gasteiger partial charge in [-0.2, -0.15) is 0 Å². The minimum Gasteiger partial charge on any atom is -0.376 e. The van der Waals surface area contributed by atoms with Crippen molar-refractivity contribution in [3.63, 3.8) is 0 Å². The summed E-state index contributed by atoms with van der Waals surface area (Å²) in [4.78, 5) is 0. The summed E-state index contributed by atoms with van der Waals surface area (Å²) in [6, 6.07) is 7.04. The summed E-state index contributed by atoms with van der Waals surface area (Å²) in [6.07, 6.45) is 2.92. The zero-order valence-electron chi connectivity index (χ0n) is 12.1. The van der Waals surface area contributed by atoms with Crippen LogP contribution < -0.4 is 0 Å². The lowest BCUT2D eigenvalue weighted by Crippen LogP contribution is -2.04. The monoisotopic (exact) mass is 296 g/mol. The molecule has 4 nitrogen and oxygen atoms in total. The van der Waals surface area contributed by atoms with E-state index in [2.05, 4.69) is 18.8 Å². The highest BCUT2D eigenvalue weighted by atomic mass is 31.2. The fourth-order valence-electron chi connectivity index (χ4n) is 1.70. The quantitative estimate of drug-likeness (QED) is 0.494. The SMILES string of the molecule is CCCCC#Cc1ccccc1C(O)P(=O)(OC)OC. The van der Waals surface area contributed by atoms with Crippen molar-refractivity contribution in [3.8, 4) is 11.8 Å². The summed E-state index contributed by atoms with van der Waals surface area (Å²) in [5, 5.41) is 10.2. The minimum absolute atomic E-state index is 0.462. The number of aliphatic hydroxyl groups excluding tert-OH is 1. The third kappa shape index (κ3) is 4.19. The van der Waals surface area contributed by atoms with Gasteiger partial charge >= 0.3 is 7.60 Å². The van der Waals surface area contributed by atoms with E-state index in [4.69, 9.17) is 9.05 Å². The van der Waals surface area contributed by atoms with Gasteiger partial charge in [-0.1, -0.05) is 43.4 Å². The van der Waals surface area contributed by atoms with E-state index < -0.39 is 13.4 Å². The van der Waals surface area contributed by atoms with Crippen molar-refractivity contribution in [2.24, 2.45) is 0 Å². The van der Waals surface area contributed by atoms with Gasteiger partial charge in [0.05, 0.1) is 0 Å². The van der Waals surface area contributed by atoms with E-state index in [9.17, 15) is 9.67 Å². The number of benzene rings is 1. The Morgan fingerprint density at radius 1 is 1.30 bits per heavy atom. The Morgan fingerprint density at radius 3 is 2.55 bits per heavy atom.